The molecular formula is C14H25N5O7S. The molecule has 0 saturated heterocycles. The van der Waals surface area contributed by atoms with E-state index in [1.54, 1.807) is 0 Å². The highest BCUT2D eigenvalue weighted by atomic mass is 32.1. The van der Waals surface area contributed by atoms with Crippen LogP contribution >= 0.6 is 12.6 Å². The van der Waals surface area contributed by atoms with Crippen LogP contribution in [0.15, 0.2) is 0 Å². The van der Waals surface area contributed by atoms with Crippen molar-refractivity contribution < 1.29 is 34.2 Å². The van der Waals surface area contributed by atoms with Gasteiger partial charge in [0.1, 0.15) is 18.1 Å². The van der Waals surface area contributed by atoms with Crippen molar-refractivity contribution in [3.63, 3.8) is 0 Å². The summed E-state index contributed by atoms with van der Waals surface area (Å²) in [4.78, 5) is 57.3. The highest BCUT2D eigenvalue weighted by Gasteiger charge is 2.26. The Kier molecular flexibility index (Phi) is 11.0. The molecule has 0 spiro atoms. The molecule has 4 atom stereocenters. The van der Waals surface area contributed by atoms with Gasteiger partial charge in [0.25, 0.3) is 0 Å². The molecule has 0 aromatic heterocycles. The monoisotopic (exact) mass is 407 g/mol. The highest BCUT2D eigenvalue weighted by Crippen LogP contribution is 1.98. The Morgan fingerprint density at radius 2 is 1.67 bits per heavy atom. The minimum atomic E-state index is -1.36. The van der Waals surface area contributed by atoms with Crippen molar-refractivity contribution in [2.45, 2.75) is 44.0 Å². The van der Waals surface area contributed by atoms with E-state index in [4.69, 9.17) is 16.6 Å². The minimum absolute atomic E-state index is 0.109. The Morgan fingerprint density at radius 1 is 1.07 bits per heavy atom. The van der Waals surface area contributed by atoms with Crippen molar-refractivity contribution >= 4 is 42.2 Å². The van der Waals surface area contributed by atoms with Crippen LogP contribution in [0.4, 0.5) is 0 Å². The molecule has 0 aromatic rings. The highest BCUT2D eigenvalue weighted by molar-refractivity contribution is 7.80. The number of nitrogens with one attached hydrogen (secondary N) is 3. The summed E-state index contributed by atoms with van der Waals surface area (Å²) in [6.07, 6.45) is -1.56. The van der Waals surface area contributed by atoms with Gasteiger partial charge in [0.15, 0.2) is 0 Å². The van der Waals surface area contributed by atoms with Gasteiger partial charge in [-0.25, -0.2) is 4.79 Å². The molecule has 0 bridgehead atoms. The van der Waals surface area contributed by atoms with Crippen LogP contribution in [0.2, 0.25) is 0 Å². The van der Waals surface area contributed by atoms with E-state index in [1.165, 1.54) is 6.92 Å². The number of carboxylic acids is 1. The van der Waals surface area contributed by atoms with Crippen molar-refractivity contribution in [2.75, 3.05) is 12.3 Å². The van der Waals surface area contributed by atoms with E-state index in [1.807, 2.05) is 0 Å². The van der Waals surface area contributed by atoms with Gasteiger partial charge in [0.05, 0.1) is 12.6 Å². The van der Waals surface area contributed by atoms with E-state index in [2.05, 4.69) is 28.6 Å². The zero-order valence-corrected chi connectivity index (χ0v) is 15.6. The smallest absolute Gasteiger partial charge is 0.326 e. The second-order valence-electron chi connectivity index (χ2n) is 5.69. The number of hydrogen-bond acceptors (Lipinski definition) is 8. The molecule has 0 radical (unpaired) electrons. The van der Waals surface area contributed by atoms with Gasteiger partial charge in [-0.2, -0.15) is 12.6 Å². The van der Waals surface area contributed by atoms with Gasteiger partial charge in [-0.15, -0.1) is 0 Å². The van der Waals surface area contributed by atoms with Crippen LogP contribution in [-0.2, 0) is 24.0 Å². The summed E-state index contributed by atoms with van der Waals surface area (Å²) in [7, 11) is 0. The van der Waals surface area contributed by atoms with Gasteiger partial charge in [-0.05, 0) is 13.3 Å². The summed E-state index contributed by atoms with van der Waals surface area (Å²) in [5.41, 5.74) is 10.4. The molecule has 4 amide bonds. The number of hydrogen-bond donors (Lipinski definition) is 8. The zero-order valence-electron chi connectivity index (χ0n) is 14.7. The lowest BCUT2D eigenvalue weighted by molar-refractivity contribution is -0.142. The summed E-state index contributed by atoms with van der Waals surface area (Å²) in [6, 6.07) is -3.71. The van der Waals surface area contributed by atoms with E-state index < -0.39 is 60.4 Å². The van der Waals surface area contributed by atoms with Crippen LogP contribution in [0, 0.1) is 0 Å². The van der Waals surface area contributed by atoms with Crippen LogP contribution < -0.4 is 27.4 Å². The maximum absolute atomic E-state index is 12.0. The van der Waals surface area contributed by atoms with Crippen molar-refractivity contribution in [3.8, 4) is 0 Å². The molecule has 0 heterocycles. The van der Waals surface area contributed by atoms with Gasteiger partial charge in [-0.1, -0.05) is 0 Å². The van der Waals surface area contributed by atoms with E-state index in [0.29, 0.717) is 0 Å². The molecule has 9 N–H and O–H groups in total. The van der Waals surface area contributed by atoms with Gasteiger partial charge in [-0.3, -0.25) is 19.2 Å². The van der Waals surface area contributed by atoms with Crippen molar-refractivity contribution in [1.29, 1.82) is 0 Å². The number of aliphatic carboxylic acids is 1. The number of thiol groups is 1. The summed E-state index contributed by atoms with van der Waals surface area (Å²) in [5.74, 6) is -4.53. The van der Waals surface area contributed by atoms with E-state index in [9.17, 15) is 29.1 Å². The van der Waals surface area contributed by atoms with E-state index in [0.717, 1.165) is 0 Å². The third kappa shape index (κ3) is 9.77. The minimum Gasteiger partial charge on any atom is -0.480 e. The SMILES string of the molecule is CC(O)C(N)C(=O)NC(CS)C(=O)NCC(=O)NC(CCC(N)=O)C(=O)O. The van der Waals surface area contributed by atoms with E-state index >= 15 is 0 Å². The molecule has 0 fully saturated rings. The number of carbonyl (C=O) groups is 5. The molecule has 0 aromatic carbocycles. The lowest BCUT2D eigenvalue weighted by Gasteiger charge is -2.20. The Morgan fingerprint density at radius 3 is 2.11 bits per heavy atom. The first-order valence-electron chi connectivity index (χ1n) is 7.92. The lowest BCUT2D eigenvalue weighted by Crippen LogP contribution is -2.56. The number of carboxylic acid groups (broad SMARTS) is 1. The maximum atomic E-state index is 12.0. The molecule has 4 unspecified atom stereocenters. The molecule has 0 aliphatic carbocycles. The van der Waals surface area contributed by atoms with Gasteiger partial charge >= 0.3 is 5.97 Å². The van der Waals surface area contributed by atoms with Crippen molar-refractivity contribution in [1.82, 2.24) is 16.0 Å². The van der Waals surface area contributed by atoms with E-state index in [-0.39, 0.29) is 18.6 Å². The second-order valence-corrected chi connectivity index (χ2v) is 6.06. The number of primary amides is 1. The number of carbonyl (C=O) groups excluding carboxylic acids is 4. The van der Waals surface area contributed by atoms with Crippen LogP contribution in [0.5, 0.6) is 0 Å². The summed E-state index contributed by atoms with van der Waals surface area (Å²) in [5, 5.41) is 24.9. The summed E-state index contributed by atoms with van der Waals surface area (Å²) >= 11 is 3.92. The molecular weight excluding hydrogens is 382 g/mol. The second kappa shape index (κ2) is 12.1. The van der Waals surface area contributed by atoms with Gasteiger partial charge < -0.3 is 37.6 Å². The summed E-state index contributed by atoms with van der Waals surface area (Å²) in [6.45, 7) is 0.739. The number of amides is 4. The molecule has 0 saturated carbocycles. The fraction of sp³-hybridized carbons (Fsp3) is 0.643. The normalized spacial score (nSPS) is 15.0. The predicted molar refractivity (Wildman–Crippen MR) is 96.4 cm³/mol. The van der Waals surface area contributed by atoms with Crippen LogP contribution in [0.3, 0.4) is 0 Å². The standard InChI is InChI=1S/C14H25N5O7S/c1-6(20)11(16)13(24)19-8(5-27)12(23)17-4-10(22)18-7(14(25)26)2-3-9(15)21/h6-8,11,20,27H,2-5,16H2,1H3,(H2,15,21)(H,17,23)(H,18,22)(H,19,24)(H,25,26). The quantitative estimate of drug-likeness (QED) is 0.149. The third-order valence-corrected chi connectivity index (χ3v) is 3.74. The number of aliphatic hydroxyl groups is 1. The van der Waals surface area contributed by atoms with Crippen LogP contribution in [-0.4, -0.2) is 76.3 Å². The molecule has 0 aliphatic rings. The fourth-order valence-corrected chi connectivity index (χ4v) is 2.02. The predicted octanol–water partition coefficient (Wildman–Crippen LogP) is -3.94. The Hall–Kier alpha value is -2.38. The third-order valence-electron chi connectivity index (χ3n) is 3.37. The van der Waals surface area contributed by atoms with Crippen molar-refractivity contribution in [3.05, 3.63) is 0 Å². The molecule has 27 heavy (non-hydrogen) atoms. The topological polar surface area (TPSA) is 214 Å². The Bertz CT molecular complexity index is 572. The molecule has 12 nitrogen and oxygen atoms in total. The Balaban J connectivity index is 4.58. The first kappa shape index (κ1) is 24.6. The molecule has 154 valence electrons. The zero-order chi connectivity index (χ0) is 21.1. The lowest BCUT2D eigenvalue weighted by atomic mass is 10.1. The first-order valence-corrected chi connectivity index (χ1v) is 8.55. The molecule has 0 rings (SSSR count). The average Bonchev–Trinajstić information content (AvgIpc) is 2.59. The molecule has 13 heteroatoms. The molecule has 0 aliphatic heterocycles. The van der Waals surface area contributed by atoms with Gasteiger partial charge in [0.2, 0.25) is 23.6 Å². The van der Waals surface area contributed by atoms with Crippen LogP contribution in [0.25, 0.3) is 0 Å². The Labute approximate surface area is 160 Å². The first-order chi connectivity index (χ1) is 12.5. The van der Waals surface area contributed by atoms with Crippen LogP contribution in [0.1, 0.15) is 19.8 Å². The number of nitrogens with two attached hydrogens (primary N) is 2. The number of rotatable bonds is 12. The largest absolute Gasteiger partial charge is 0.480 e. The fourth-order valence-electron chi connectivity index (χ4n) is 1.76. The maximum Gasteiger partial charge on any atom is 0.326 e. The average molecular weight is 407 g/mol. The number of aliphatic hydroxyl groups excluding tert-OH is 1. The summed E-state index contributed by atoms with van der Waals surface area (Å²) < 4.78 is 0. The van der Waals surface area contributed by atoms with Crippen molar-refractivity contribution in [2.24, 2.45) is 11.5 Å². The van der Waals surface area contributed by atoms with Gasteiger partial charge in [0, 0.05) is 12.2 Å².